The second-order valence-corrected chi connectivity index (χ2v) is 8.39. The Morgan fingerprint density at radius 2 is 1.76 bits per heavy atom. The number of carbonyl (C=O) groups excluding carboxylic acids is 1. The first-order valence-electron chi connectivity index (χ1n) is 7.11. The maximum Gasteiger partial charge on any atom is 0.241 e. The fraction of sp³-hybridized carbons (Fsp3) is 0.188. The van der Waals surface area contributed by atoms with Crippen molar-refractivity contribution >= 4 is 56.4 Å². The summed E-state index contributed by atoms with van der Waals surface area (Å²) >= 11 is 17.9. The lowest BCUT2D eigenvalue weighted by Crippen LogP contribution is -2.40. The minimum absolute atomic E-state index is 0.148. The van der Waals surface area contributed by atoms with Crippen LogP contribution in [0, 0.1) is 0 Å². The van der Waals surface area contributed by atoms with Crippen LogP contribution in [0.3, 0.4) is 0 Å². The van der Waals surface area contributed by atoms with Gasteiger partial charge in [-0.3, -0.25) is 9.10 Å². The standard InChI is InChI=1S/C16H15Cl3N2O3S/c1-25(23,24)21(15-5-3-2-4-13(15)18)10-16(22)20-9-11-6-7-12(17)8-14(11)19/h2-8H,9-10H2,1H3,(H,20,22). The molecule has 1 N–H and O–H groups in total. The number of rotatable bonds is 6. The highest BCUT2D eigenvalue weighted by Crippen LogP contribution is 2.27. The zero-order chi connectivity index (χ0) is 18.6. The highest BCUT2D eigenvalue weighted by Gasteiger charge is 2.22. The van der Waals surface area contributed by atoms with E-state index >= 15 is 0 Å². The number of para-hydroxylation sites is 1. The van der Waals surface area contributed by atoms with Crippen molar-refractivity contribution in [1.29, 1.82) is 0 Å². The zero-order valence-electron chi connectivity index (χ0n) is 13.2. The predicted octanol–water partition coefficient (Wildman–Crippen LogP) is 3.73. The smallest absolute Gasteiger partial charge is 0.241 e. The van der Waals surface area contributed by atoms with Crippen molar-refractivity contribution in [3.05, 3.63) is 63.1 Å². The van der Waals surface area contributed by atoms with Crippen LogP contribution in [0.15, 0.2) is 42.5 Å². The lowest BCUT2D eigenvalue weighted by atomic mass is 10.2. The molecule has 1 amide bonds. The van der Waals surface area contributed by atoms with Crippen molar-refractivity contribution in [1.82, 2.24) is 5.32 Å². The van der Waals surface area contributed by atoms with E-state index in [0.717, 1.165) is 10.6 Å². The van der Waals surface area contributed by atoms with E-state index in [1.807, 2.05) is 0 Å². The molecular weight excluding hydrogens is 407 g/mol. The summed E-state index contributed by atoms with van der Waals surface area (Å²) < 4.78 is 25.0. The Balaban J connectivity index is 2.11. The molecule has 0 aliphatic heterocycles. The molecular formula is C16H15Cl3N2O3S. The highest BCUT2D eigenvalue weighted by molar-refractivity contribution is 7.92. The van der Waals surface area contributed by atoms with Gasteiger partial charge in [0.25, 0.3) is 0 Å². The van der Waals surface area contributed by atoms with Gasteiger partial charge in [0, 0.05) is 16.6 Å². The minimum atomic E-state index is -3.69. The summed E-state index contributed by atoms with van der Waals surface area (Å²) in [5, 5.41) is 3.78. The van der Waals surface area contributed by atoms with E-state index in [1.54, 1.807) is 36.4 Å². The second-order valence-electron chi connectivity index (χ2n) is 5.23. The quantitative estimate of drug-likeness (QED) is 0.773. The first-order chi connectivity index (χ1) is 11.7. The predicted molar refractivity (Wildman–Crippen MR) is 102 cm³/mol. The fourth-order valence-electron chi connectivity index (χ4n) is 2.08. The van der Waals surface area contributed by atoms with Crippen molar-refractivity contribution in [3.63, 3.8) is 0 Å². The Bertz CT molecular complexity index is 888. The molecule has 2 aromatic rings. The second kappa shape index (κ2) is 8.27. The number of nitrogens with one attached hydrogen (secondary N) is 1. The summed E-state index contributed by atoms with van der Waals surface area (Å²) in [6.07, 6.45) is 1.01. The van der Waals surface area contributed by atoms with Crippen LogP contribution in [0.5, 0.6) is 0 Å². The molecule has 0 saturated carbocycles. The first kappa shape index (κ1) is 19.8. The molecule has 0 aliphatic rings. The largest absolute Gasteiger partial charge is 0.350 e. The van der Waals surface area contributed by atoms with Crippen LogP contribution in [0.1, 0.15) is 5.56 Å². The van der Waals surface area contributed by atoms with E-state index in [4.69, 9.17) is 34.8 Å². The maximum absolute atomic E-state index is 12.2. The van der Waals surface area contributed by atoms with Crippen LogP contribution in [0.2, 0.25) is 15.1 Å². The van der Waals surface area contributed by atoms with Gasteiger partial charge in [-0.15, -0.1) is 0 Å². The van der Waals surface area contributed by atoms with E-state index in [2.05, 4.69) is 5.32 Å². The number of carbonyl (C=O) groups is 1. The Labute approximate surface area is 161 Å². The number of sulfonamides is 1. The van der Waals surface area contributed by atoms with Crippen LogP contribution in [0.25, 0.3) is 0 Å². The van der Waals surface area contributed by atoms with E-state index < -0.39 is 22.5 Å². The molecule has 0 spiro atoms. The topological polar surface area (TPSA) is 66.5 Å². The lowest BCUT2D eigenvalue weighted by molar-refractivity contribution is -0.119. The summed E-state index contributed by atoms with van der Waals surface area (Å²) in [6, 6.07) is 11.3. The van der Waals surface area contributed by atoms with Crippen molar-refractivity contribution in [2.75, 3.05) is 17.1 Å². The fourth-order valence-corrected chi connectivity index (χ4v) is 3.71. The van der Waals surface area contributed by atoms with E-state index in [1.165, 1.54) is 6.07 Å². The Kier molecular flexibility index (Phi) is 6.57. The molecule has 9 heteroatoms. The van der Waals surface area contributed by atoms with Crippen molar-refractivity contribution in [2.24, 2.45) is 0 Å². The molecule has 0 unspecified atom stereocenters. The van der Waals surface area contributed by atoms with E-state index in [9.17, 15) is 13.2 Å². The van der Waals surface area contributed by atoms with Gasteiger partial charge in [-0.25, -0.2) is 8.42 Å². The molecule has 2 aromatic carbocycles. The minimum Gasteiger partial charge on any atom is -0.350 e. The maximum atomic E-state index is 12.2. The third-order valence-corrected chi connectivity index (χ3v) is 5.33. The zero-order valence-corrected chi connectivity index (χ0v) is 16.3. The van der Waals surface area contributed by atoms with Crippen LogP contribution in [-0.4, -0.2) is 27.1 Å². The van der Waals surface area contributed by atoms with Gasteiger partial charge in [0.2, 0.25) is 15.9 Å². The molecule has 5 nitrogen and oxygen atoms in total. The third-order valence-electron chi connectivity index (χ3n) is 3.30. The van der Waals surface area contributed by atoms with Gasteiger partial charge in [-0.2, -0.15) is 0 Å². The average molecular weight is 422 g/mol. The number of halogens is 3. The Morgan fingerprint density at radius 1 is 1.08 bits per heavy atom. The highest BCUT2D eigenvalue weighted by atomic mass is 35.5. The summed E-state index contributed by atoms with van der Waals surface area (Å²) in [4.78, 5) is 12.2. The van der Waals surface area contributed by atoms with Gasteiger partial charge in [-0.1, -0.05) is 53.0 Å². The number of hydrogen-bond acceptors (Lipinski definition) is 3. The lowest BCUT2D eigenvalue weighted by Gasteiger charge is -2.22. The SMILES string of the molecule is CS(=O)(=O)N(CC(=O)NCc1ccc(Cl)cc1Cl)c1ccccc1Cl. The number of anilines is 1. The van der Waals surface area contributed by atoms with Gasteiger partial charge in [0.05, 0.1) is 17.0 Å². The van der Waals surface area contributed by atoms with Gasteiger partial charge in [0.1, 0.15) is 6.54 Å². The van der Waals surface area contributed by atoms with Gasteiger partial charge >= 0.3 is 0 Å². The normalized spacial score (nSPS) is 11.2. The number of benzene rings is 2. The Morgan fingerprint density at radius 3 is 2.36 bits per heavy atom. The summed E-state index contributed by atoms with van der Waals surface area (Å²) in [5.41, 5.74) is 0.911. The van der Waals surface area contributed by atoms with Crippen LogP contribution < -0.4 is 9.62 Å². The van der Waals surface area contributed by atoms with Gasteiger partial charge in [0.15, 0.2) is 0 Å². The average Bonchev–Trinajstić information content (AvgIpc) is 2.51. The summed E-state index contributed by atoms with van der Waals surface area (Å²) in [7, 11) is -3.69. The number of nitrogens with zero attached hydrogens (tertiary/aromatic N) is 1. The van der Waals surface area contributed by atoms with Crippen molar-refractivity contribution in [3.8, 4) is 0 Å². The van der Waals surface area contributed by atoms with E-state index in [-0.39, 0.29) is 17.3 Å². The molecule has 0 atom stereocenters. The first-order valence-corrected chi connectivity index (χ1v) is 10.1. The molecule has 0 saturated heterocycles. The molecule has 0 fully saturated rings. The van der Waals surface area contributed by atoms with Crippen LogP contribution in [0.4, 0.5) is 5.69 Å². The van der Waals surface area contributed by atoms with E-state index in [0.29, 0.717) is 15.6 Å². The summed E-state index contributed by atoms with van der Waals surface area (Å²) in [6.45, 7) is -0.247. The monoisotopic (exact) mass is 420 g/mol. The molecule has 0 heterocycles. The van der Waals surface area contributed by atoms with Crippen molar-refractivity contribution in [2.45, 2.75) is 6.54 Å². The Hall–Kier alpha value is -1.47. The molecule has 0 bridgehead atoms. The third kappa shape index (κ3) is 5.51. The van der Waals surface area contributed by atoms with Crippen LogP contribution >= 0.6 is 34.8 Å². The molecule has 134 valence electrons. The number of hydrogen-bond donors (Lipinski definition) is 1. The van der Waals surface area contributed by atoms with Gasteiger partial charge in [-0.05, 0) is 29.8 Å². The molecule has 0 radical (unpaired) electrons. The molecule has 2 rings (SSSR count). The molecule has 0 aromatic heterocycles. The molecule has 0 aliphatic carbocycles. The van der Waals surface area contributed by atoms with Gasteiger partial charge < -0.3 is 5.32 Å². The number of amides is 1. The van der Waals surface area contributed by atoms with Crippen LogP contribution in [-0.2, 0) is 21.4 Å². The van der Waals surface area contributed by atoms with Crippen molar-refractivity contribution < 1.29 is 13.2 Å². The molecule has 25 heavy (non-hydrogen) atoms. The summed E-state index contributed by atoms with van der Waals surface area (Å²) in [5.74, 6) is -0.489.